The number of carbonyl (C=O) groups excluding carboxylic acids is 1. The molecule has 116 valence electrons. The Kier molecular flexibility index (Phi) is 5.41. The SMILES string of the molecule is CN(C)C(=O)CC1(O)CCCN(Cc2ccccc2Br)C1. The molecule has 1 saturated heterocycles. The first-order valence-electron chi connectivity index (χ1n) is 7.28. The van der Waals surface area contributed by atoms with E-state index in [1.807, 2.05) is 18.2 Å². The van der Waals surface area contributed by atoms with Gasteiger partial charge in [-0.05, 0) is 31.0 Å². The van der Waals surface area contributed by atoms with Crippen LogP contribution in [0, 0.1) is 0 Å². The van der Waals surface area contributed by atoms with Crippen molar-refractivity contribution in [1.82, 2.24) is 9.80 Å². The predicted molar refractivity (Wildman–Crippen MR) is 86.9 cm³/mol. The Morgan fingerprint density at radius 3 is 2.81 bits per heavy atom. The average Bonchev–Trinajstić information content (AvgIpc) is 2.41. The van der Waals surface area contributed by atoms with E-state index in [-0.39, 0.29) is 12.3 Å². The molecule has 1 unspecified atom stereocenters. The molecular formula is C16H23BrN2O2. The monoisotopic (exact) mass is 354 g/mol. The lowest BCUT2D eigenvalue weighted by Crippen LogP contribution is -2.50. The van der Waals surface area contributed by atoms with Gasteiger partial charge in [-0.1, -0.05) is 34.1 Å². The van der Waals surface area contributed by atoms with Crippen LogP contribution in [0.5, 0.6) is 0 Å². The van der Waals surface area contributed by atoms with Crippen LogP contribution in [0.15, 0.2) is 28.7 Å². The summed E-state index contributed by atoms with van der Waals surface area (Å²) in [6, 6.07) is 8.13. The summed E-state index contributed by atoms with van der Waals surface area (Å²) >= 11 is 3.56. The maximum Gasteiger partial charge on any atom is 0.224 e. The minimum absolute atomic E-state index is 0.0137. The van der Waals surface area contributed by atoms with E-state index in [2.05, 4.69) is 26.9 Å². The number of hydrogen-bond donors (Lipinski definition) is 1. The van der Waals surface area contributed by atoms with Gasteiger partial charge in [-0.15, -0.1) is 0 Å². The summed E-state index contributed by atoms with van der Waals surface area (Å²) in [6.45, 7) is 2.30. The van der Waals surface area contributed by atoms with Crippen molar-refractivity contribution in [2.75, 3.05) is 27.2 Å². The van der Waals surface area contributed by atoms with Crippen molar-refractivity contribution >= 4 is 21.8 Å². The van der Waals surface area contributed by atoms with Crippen LogP contribution in [-0.2, 0) is 11.3 Å². The number of aliphatic hydroxyl groups is 1. The maximum absolute atomic E-state index is 11.9. The predicted octanol–water partition coefficient (Wildman–Crippen LogP) is 2.25. The molecule has 0 bridgehead atoms. The van der Waals surface area contributed by atoms with Crippen LogP contribution in [0.2, 0.25) is 0 Å². The normalized spacial score (nSPS) is 23.0. The van der Waals surface area contributed by atoms with Crippen molar-refractivity contribution < 1.29 is 9.90 Å². The number of likely N-dealkylation sites (tertiary alicyclic amines) is 1. The highest BCUT2D eigenvalue weighted by Gasteiger charge is 2.35. The molecule has 1 aliphatic rings. The number of β-amino-alcohol motifs (C(OH)–C–C–N with tert-alkyl or cyclic N) is 1. The number of hydrogen-bond acceptors (Lipinski definition) is 3. The number of amides is 1. The lowest BCUT2D eigenvalue weighted by molar-refractivity contribution is -0.136. The van der Waals surface area contributed by atoms with E-state index in [1.54, 1.807) is 19.0 Å². The Hall–Kier alpha value is -0.910. The highest BCUT2D eigenvalue weighted by atomic mass is 79.9. The molecule has 1 N–H and O–H groups in total. The third-order valence-electron chi connectivity index (χ3n) is 3.97. The molecule has 0 saturated carbocycles. The number of piperidine rings is 1. The van der Waals surface area contributed by atoms with E-state index in [0.717, 1.165) is 24.0 Å². The standard InChI is InChI=1S/C16H23BrN2O2/c1-18(2)15(20)10-16(21)8-5-9-19(12-16)11-13-6-3-4-7-14(13)17/h3-4,6-7,21H,5,8-12H2,1-2H3. The van der Waals surface area contributed by atoms with Crippen LogP contribution in [0.25, 0.3) is 0 Å². The van der Waals surface area contributed by atoms with Gasteiger partial charge in [-0.25, -0.2) is 0 Å². The molecule has 21 heavy (non-hydrogen) atoms. The third kappa shape index (κ3) is 4.53. The Morgan fingerprint density at radius 1 is 1.43 bits per heavy atom. The summed E-state index contributed by atoms with van der Waals surface area (Å²) in [4.78, 5) is 15.7. The van der Waals surface area contributed by atoms with Gasteiger partial charge in [-0.3, -0.25) is 9.69 Å². The van der Waals surface area contributed by atoms with Crippen LogP contribution >= 0.6 is 15.9 Å². The van der Waals surface area contributed by atoms with Gasteiger partial charge in [0.2, 0.25) is 5.91 Å². The van der Waals surface area contributed by atoms with Gasteiger partial charge in [0.05, 0.1) is 12.0 Å². The first-order valence-corrected chi connectivity index (χ1v) is 8.07. The summed E-state index contributed by atoms with van der Waals surface area (Å²) in [5.74, 6) is -0.0137. The van der Waals surface area contributed by atoms with Crippen molar-refractivity contribution in [2.24, 2.45) is 0 Å². The van der Waals surface area contributed by atoms with E-state index in [9.17, 15) is 9.90 Å². The van der Waals surface area contributed by atoms with Gasteiger partial charge in [0.15, 0.2) is 0 Å². The average molecular weight is 355 g/mol. The molecule has 1 aromatic carbocycles. The summed E-state index contributed by atoms with van der Waals surface area (Å²) in [7, 11) is 3.46. The lowest BCUT2D eigenvalue weighted by Gasteiger charge is -2.39. The second-order valence-electron chi connectivity index (χ2n) is 6.09. The Morgan fingerprint density at radius 2 is 2.14 bits per heavy atom. The molecule has 1 fully saturated rings. The Balaban J connectivity index is 2.00. The van der Waals surface area contributed by atoms with Gasteiger partial charge in [0, 0.05) is 31.7 Å². The smallest absolute Gasteiger partial charge is 0.224 e. The molecule has 0 aromatic heterocycles. The van der Waals surface area contributed by atoms with Gasteiger partial charge in [0.25, 0.3) is 0 Å². The summed E-state index contributed by atoms with van der Waals surface area (Å²) < 4.78 is 1.09. The lowest BCUT2D eigenvalue weighted by atomic mass is 9.89. The summed E-state index contributed by atoms with van der Waals surface area (Å²) in [6.07, 6.45) is 1.81. The molecule has 5 heteroatoms. The minimum Gasteiger partial charge on any atom is -0.388 e. The summed E-state index contributed by atoms with van der Waals surface area (Å²) in [5, 5.41) is 10.7. The molecule has 1 heterocycles. The zero-order valence-corrected chi connectivity index (χ0v) is 14.3. The minimum atomic E-state index is -0.902. The highest BCUT2D eigenvalue weighted by Crippen LogP contribution is 2.27. The highest BCUT2D eigenvalue weighted by molar-refractivity contribution is 9.10. The Labute approximate surface area is 134 Å². The van der Waals surface area contributed by atoms with Crippen molar-refractivity contribution in [2.45, 2.75) is 31.4 Å². The molecular weight excluding hydrogens is 332 g/mol. The van der Waals surface area contributed by atoms with Crippen molar-refractivity contribution in [1.29, 1.82) is 0 Å². The fraction of sp³-hybridized carbons (Fsp3) is 0.562. The number of carbonyl (C=O) groups is 1. The molecule has 1 amide bonds. The van der Waals surface area contributed by atoms with E-state index in [4.69, 9.17) is 0 Å². The zero-order valence-electron chi connectivity index (χ0n) is 12.7. The van der Waals surface area contributed by atoms with Crippen molar-refractivity contribution in [3.05, 3.63) is 34.3 Å². The van der Waals surface area contributed by atoms with E-state index < -0.39 is 5.60 Å². The number of rotatable bonds is 4. The first-order chi connectivity index (χ1) is 9.89. The van der Waals surface area contributed by atoms with Crippen molar-refractivity contribution in [3.8, 4) is 0 Å². The topological polar surface area (TPSA) is 43.8 Å². The van der Waals surface area contributed by atoms with Gasteiger partial charge >= 0.3 is 0 Å². The fourth-order valence-corrected chi connectivity index (χ4v) is 3.20. The Bertz CT molecular complexity index is 507. The van der Waals surface area contributed by atoms with Gasteiger partial charge in [-0.2, -0.15) is 0 Å². The first kappa shape index (κ1) is 16.5. The molecule has 1 aromatic rings. The zero-order chi connectivity index (χ0) is 15.5. The molecule has 4 nitrogen and oxygen atoms in total. The number of nitrogens with zero attached hydrogens (tertiary/aromatic N) is 2. The molecule has 1 aliphatic heterocycles. The molecule has 0 aliphatic carbocycles. The van der Waals surface area contributed by atoms with Crippen LogP contribution in [0.3, 0.4) is 0 Å². The van der Waals surface area contributed by atoms with Crippen molar-refractivity contribution in [3.63, 3.8) is 0 Å². The van der Waals surface area contributed by atoms with E-state index in [1.165, 1.54) is 5.56 Å². The molecule has 2 rings (SSSR count). The molecule has 1 atom stereocenters. The van der Waals surface area contributed by atoms with E-state index in [0.29, 0.717) is 13.0 Å². The summed E-state index contributed by atoms with van der Waals surface area (Å²) in [5.41, 5.74) is 0.307. The van der Waals surface area contributed by atoms with Crippen LogP contribution in [-0.4, -0.2) is 53.6 Å². The third-order valence-corrected chi connectivity index (χ3v) is 4.74. The van der Waals surface area contributed by atoms with Gasteiger partial charge in [0.1, 0.15) is 0 Å². The number of benzene rings is 1. The largest absolute Gasteiger partial charge is 0.388 e. The molecule has 0 spiro atoms. The van der Waals surface area contributed by atoms with Gasteiger partial charge < -0.3 is 10.0 Å². The van der Waals surface area contributed by atoms with Crippen LogP contribution in [0.1, 0.15) is 24.8 Å². The quantitative estimate of drug-likeness (QED) is 0.901. The fourth-order valence-electron chi connectivity index (χ4n) is 2.79. The maximum atomic E-state index is 11.9. The van der Waals surface area contributed by atoms with Crippen LogP contribution < -0.4 is 0 Å². The second-order valence-corrected chi connectivity index (χ2v) is 6.95. The molecule has 0 radical (unpaired) electrons. The number of halogens is 1. The second kappa shape index (κ2) is 6.90. The van der Waals surface area contributed by atoms with E-state index >= 15 is 0 Å². The van der Waals surface area contributed by atoms with Crippen LogP contribution in [0.4, 0.5) is 0 Å².